The number of para-hydroxylation sites is 3. The average molecular weight is 478 g/mol. The molecule has 0 bridgehead atoms. The molecule has 4 amide bonds. The number of rotatable bonds is 7. The maximum absolute atomic E-state index is 13.7. The first-order chi connectivity index (χ1) is 17.0. The summed E-state index contributed by atoms with van der Waals surface area (Å²) in [6, 6.07) is 16.7. The van der Waals surface area contributed by atoms with Crippen molar-refractivity contribution >= 4 is 29.2 Å². The summed E-state index contributed by atoms with van der Waals surface area (Å²) in [4.78, 5) is 44.4. The van der Waals surface area contributed by atoms with Crippen molar-refractivity contribution in [1.29, 1.82) is 0 Å². The van der Waals surface area contributed by atoms with Gasteiger partial charge in [0.1, 0.15) is 17.8 Å². The van der Waals surface area contributed by atoms with Gasteiger partial charge in [-0.2, -0.15) is 0 Å². The molecular formula is C26H31N5O4. The minimum absolute atomic E-state index is 0.0181. The zero-order valence-corrected chi connectivity index (χ0v) is 19.9. The Morgan fingerprint density at radius 2 is 1.77 bits per heavy atom. The van der Waals surface area contributed by atoms with E-state index < -0.39 is 5.54 Å². The van der Waals surface area contributed by atoms with Crippen LogP contribution in [-0.2, 0) is 9.59 Å². The number of hydrogen-bond acceptors (Lipinski definition) is 5. The lowest BCUT2D eigenvalue weighted by Gasteiger charge is -2.43. The first kappa shape index (κ1) is 24.1. The van der Waals surface area contributed by atoms with Gasteiger partial charge in [0, 0.05) is 25.3 Å². The monoisotopic (exact) mass is 477 g/mol. The molecule has 4 rings (SSSR count). The summed E-state index contributed by atoms with van der Waals surface area (Å²) >= 11 is 0. The molecule has 0 aromatic heterocycles. The molecule has 0 atom stereocenters. The molecule has 2 heterocycles. The number of likely N-dealkylation sites (tertiary alicyclic amines) is 1. The predicted molar refractivity (Wildman–Crippen MR) is 134 cm³/mol. The quantitative estimate of drug-likeness (QED) is 0.598. The van der Waals surface area contributed by atoms with Crippen molar-refractivity contribution in [3.8, 4) is 5.75 Å². The number of methoxy groups -OCH3 is 1. The van der Waals surface area contributed by atoms with Crippen molar-refractivity contribution in [1.82, 2.24) is 15.1 Å². The molecule has 2 aliphatic rings. The van der Waals surface area contributed by atoms with Crippen molar-refractivity contribution in [2.75, 3.05) is 50.2 Å². The first-order valence-corrected chi connectivity index (χ1v) is 11.7. The Bertz CT molecular complexity index is 1080. The lowest BCUT2D eigenvalue weighted by Crippen LogP contribution is -2.58. The molecule has 2 N–H and O–H groups in total. The van der Waals surface area contributed by atoms with Crippen LogP contribution in [0.2, 0.25) is 0 Å². The van der Waals surface area contributed by atoms with E-state index in [-0.39, 0.29) is 24.4 Å². The Hall–Kier alpha value is -4.01. The van der Waals surface area contributed by atoms with Gasteiger partial charge in [-0.1, -0.05) is 36.4 Å². The van der Waals surface area contributed by atoms with Crippen molar-refractivity contribution < 1.29 is 19.1 Å². The normalized spacial score (nSPS) is 16.8. The molecule has 2 aromatic carbocycles. The van der Waals surface area contributed by atoms with Gasteiger partial charge in [0.05, 0.1) is 19.5 Å². The van der Waals surface area contributed by atoms with E-state index in [1.807, 2.05) is 42.5 Å². The second-order valence-corrected chi connectivity index (χ2v) is 8.65. The van der Waals surface area contributed by atoms with Crippen LogP contribution in [0.1, 0.15) is 12.8 Å². The zero-order valence-electron chi connectivity index (χ0n) is 19.9. The predicted octanol–water partition coefficient (Wildman–Crippen LogP) is 2.67. The van der Waals surface area contributed by atoms with Gasteiger partial charge >= 0.3 is 6.03 Å². The molecule has 1 spiro atoms. The van der Waals surface area contributed by atoms with Gasteiger partial charge in [0.15, 0.2) is 0 Å². The minimum atomic E-state index is -0.804. The van der Waals surface area contributed by atoms with Gasteiger partial charge in [0.2, 0.25) is 5.91 Å². The second kappa shape index (κ2) is 10.5. The molecule has 0 aliphatic carbocycles. The number of amides is 4. The van der Waals surface area contributed by atoms with Crippen molar-refractivity contribution in [3.05, 3.63) is 67.3 Å². The minimum Gasteiger partial charge on any atom is -0.495 e. The highest BCUT2D eigenvalue weighted by molar-refractivity contribution is 5.97. The Kier molecular flexibility index (Phi) is 7.24. The molecular weight excluding hydrogens is 446 g/mol. The molecule has 2 saturated heterocycles. The fourth-order valence-electron chi connectivity index (χ4n) is 4.76. The van der Waals surface area contributed by atoms with E-state index in [2.05, 4.69) is 22.1 Å². The van der Waals surface area contributed by atoms with E-state index in [0.717, 1.165) is 5.69 Å². The van der Waals surface area contributed by atoms with Gasteiger partial charge in [-0.15, -0.1) is 6.58 Å². The Labute approximate surface area is 205 Å². The SMILES string of the molecule is C=CCNC(=O)CN1CN(c2ccccc2)C2(CCN(C(=O)Nc3ccccc3OC)CC2)C1=O. The van der Waals surface area contributed by atoms with Gasteiger partial charge < -0.3 is 30.1 Å². The van der Waals surface area contributed by atoms with E-state index in [1.165, 1.54) is 0 Å². The number of piperidine rings is 1. The smallest absolute Gasteiger partial charge is 0.321 e. The van der Waals surface area contributed by atoms with Crippen molar-refractivity contribution in [2.24, 2.45) is 0 Å². The number of hydrogen-bond donors (Lipinski definition) is 2. The van der Waals surface area contributed by atoms with Crippen molar-refractivity contribution in [3.63, 3.8) is 0 Å². The number of anilines is 2. The number of urea groups is 1. The molecule has 9 heteroatoms. The van der Waals surface area contributed by atoms with Gasteiger partial charge in [-0.25, -0.2) is 4.79 Å². The molecule has 35 heavy (non-hydrogen) atoms. The highest BCUT2D eigenvalue weighted by Crippen LogP contribution is 2.39. The summed E-state index contributed by atoms with van der Waals surface area (Å²) < 4.78 is 5.33. The summed E-state index contributed by atoms with van der Waals surface area (Å²) in [7, 11) is 1.56. The van der Waals surface area contributed by atoms with E-state index in [4.69, 9.17) is 4.74 Å². The van der Waals surface area contributed by atoms with Crippen LogP contribution in [0.15, 0.2) is 67.3 Å². The molecule has 2 aliphatic heterocycles. The summed E-state index contributed by atoms with van der Waals surface area (Å²) in [5, 5.41) is 5.65. The molecule has 2 aromatic rings. The Balaban J connectivity index is 1.50. The lowest BCUT2D eigenvalue weighted by molar-refractivity contribution is -0.137. The third-order valence-corrected chi connectivity index (χ3v) is 6.59. The topological polar surface area (TPSA) is 94.2 Å². The lowest BCUT2D eigenvalue weighted by atomic mass is 9.85. The fourth-order valence-corrected chi connectivity index (χ4v) is 4.76. The van der Waals surface area contributed by atoms with Crippen molar-refractivity contribution in [2.45, 2.75) is 18.4 Å². The molecule has 0 radical (unpaired) electrons. The van der Waals surface area contributed by atoms with Crippen LogP contribution in [0, 0.1) is 0 Å². The highest BCUT2D eigenvalue weighted by Gasteiger charge is 2.54. The standard InChI is InChI=1S/C26H31N5O4/c1-3-15-27-23(32)18-30-19-31(20-9-5-4-6-10-20)26(24(30)33)13-16-29(17-14-26)25(34)28-21-11-7-8-12-22(21)35-2/h3-12H,1,13-19H2,2H3,(H,27,32)(H,28,34). The number of carbonyl (C=O) groups excluding carboxylic acids is 3. The average Bonchev–Trinajstić information content (AvgIpc) is 3.14. The second-order valence-electron chi connectivity index (χ2n) is 8.65. The van der Waals surface area contributed by atoms with Crippen LogP contribution in [0.3, 0.4) is 0 Å². The van der Waals surface area contributed by atoms with E-state index in [9.17, 15) is 14.4 Å². The number of nitrogens with one attached hydrogen (secondary N) is 2. The van der Waals surface area contributed by atoms with Crippen LogP contribution in [0.25, 0.3) is 0 Å². The van der Waals surface area contributed by atoms with E-state index >= 15 is 0 Å². The number of nitrogens with zero attached hydrogens (tertiary/aromatic N) is 3. The third kappa shape index (κ3) is 4.94. The van der Waals surface area contributed by atoms with Crippen LogP contribution in [0.5, 0.6) is 5.75 Å². The fraction of sp³-hybridized carbons (Fsp3) is 0.346. The van der Waals surface area contributed by atoms with Crippen LogP contribution < -0.4 is 20.3 Å². The number of benzene rings is 2. The highest BCUT2D eigenvalue weighted by atomic mass is 16.5. The summed E-state index contributed by atoms with van der Waals surface area (Å²) in [6.07, 6.45) is 2.53. The van der Waals surface area contributed by atoms with E-state index in [0.29, 0.717) is 50.6 Å². The maximum atomic E-state index is 13.7. The molecule has 9 nitrogen and oxygen atoms in total. The summed E-state index contributed by atoms with van der Waals surface area (Å²) in [5.41, 5.74) is 0.711. The largest absolute Gasteiger partial charge is 0.495 e. The van der Waals surface area contributed by atoms with Crippen LogP contribution >= 0.6 is 0 Å². The first-order valence-electron chi connectivity index (χ1n) is 11.7. The molecule has 184 valence electrons. The molecule has 0 unspecified atom stereocenters. The molecule has 0 saturated carbocycles. The number of ether oxygens (including phenoxy) is 1. The summed E-state index contributed by atoms with van der Waals surface area (Å²) in [5.74, 6) is 0.276. The van der Waals surface area contributed by atoms with Gasteiger partial charge in [-0.3, -0.25) is 9.59 Å². The molecule has 2 fully saturated rings. The van der Waals surface area contributed by atoms with Gasteiger partial charge in [0.25, 0.3) is 5.91 Å². The number of carbonyl (C=O) groups is 3. The zero-order chi connectivity index (χ0) is 24.8. The Morgan fingerprint density at radius 3 is 2.46 bits per heavy atom. The summed E-state index contributed by atoms with van der Waals surface area (Å²) in [6.45, 7) is 5.08. The maximum Gasteiger partial charge on any atom is 0.321 e. The van der Waals surface area contributed by atoms with Gasteiger partial charge in [-0.05, 0) is 37.1 Å². The van der Waals surface area contributed by atoms with E-state index in [1.54, 1.807) is 35.1 Å². The van der Waals surface area contributed by atoms with Crippen LogP contribution in [0.4, 0.5) is 16.2 Å². The third-order valence-electron chi connectivity index (χ3n) is 6.59. The Morgan fingerprint density at radius 1 is 1.09 bits per heavy atom. The van der Waals surface area contributed by atoms with Crippen LogP contribution in [-0.4, -0.2) is 73.1 Å².